The summed E-state index contributed by atoms with van der Waals surface area (Å²) in [6.45, 7) is 1.34. The lowest BCUT2D eigenvalue weighted by Crippen LogP contribution is -2.39. The first-order valence-corrected chi connectivity index (χ1v) is 8.31. The highest BCUT2D eigenvalue weighted by molar-refractivity contribution is 6.20. The third kappa shape index (κ3) is 2.69. The van der Waals surface area contributed by atoms with Gasteiger partial charge in [-0.3, -0.25) is 24.3 Å². The number of benzene rings is 1. The van der Waals surface area contributed by atoms with Gasteiger partial charge in [-0.15, -0.1) is 0 Å². The molecule has 0 aliphatic carbocycles. The van der Waals surface area contributed by atoms with Crippen LogP contribution in [-0.2, 0) is 17.8 Å². The smallest absolute Gasteiger partial charge is 0.280 e. The molecule has 6 nitrogen and oxygen atoms in total. The summed E-state index contributed by atoms with van der Waals surface area (Å²) < 4.78 is 0. The standard InChI is InChI=1S/C19H17N3O3/c23-16(21-10-7-13-4-1-2-5-14(13)12-21)8-11-22-18(24)15-6-3-9-20-17(15)19(22)25/h1-6,9H,7-8,10-12H2. The van der Waals surface area contributed by atoms with Crippen LogP contribution < -0.4 is 0 Å². The number of fused-ring (bicyclic) bond motifs is 2. The molecule has 0 spiro atoms. The maximum absolute atomic E-state index is 12.5. The van der Waals surface area contributed by atoms with Crippen molar-refractivity contribution in [1.29, 1.82) is 0 Å². The lowest BCUT2D eigenvalue weighted by atomic mass is 10.00. The maximum atomic E-state index is 12.5. The van der Waals surface area contributed by atoms with Gasteiger partial charge in [0.05, 0.1) is 5.56 Å². The Bertz CT molecular complexity index is 843. The molecule has 4 rings (SSSR count). The minimum atomic E-state index is -0.419. The van der Waals surface area contributed by atoms with E-state index in [4.69, 9.17) is 0 Å². The molecule has 0 N–H and O–H groups in total. The van der Waals surface area contributed by atoms with E-state index in [0.717, 1.165) is 16.9 Å². The summed E-state index contributed by atoms with van der Waals surface area (Å²) in [6.07, 6.45) is 2.45. The van der Waals surface area contributed by atoms with E-state index in [9.17, 15) is 14.4 Å². The third-order valence-electron chi connectivity index (χ3n) is 4.76. The first-order valence-electron chi connectivity index (χ1n) is 8.31. The number of amides is 3. The summed E-state index contributed by atoms with van der Waals surface area (Å²) in [5.41, 5.74) is 2.92. The minimum Gasteiger partial charge on any atom is -0.338 e. The van der Waals surface area contributed by atoms with E-state index in [1.165, 1.54) is 11.8 Å². The number of rotatable bonds is 3. The van der Waals surface area contributed by atoms with Crippen molar-refractivity contribution in [2.75, 3.05) is 13.1 Å². The second kappa shape index (κ2) is 6.12. The van der Waals surface area contributed by atoms with Gasteiger partial charge in [0.25, 0.3) is 11.8 Å². The van der Waals surface area contributed by atoms with Crippen LogP contribution >= 0.6 is 0 Å². The molecule has 0 bridgehead atoms. The van der Waals surface area contributed by atoms with Gasteiger partial charge >= 0.3 is 0 Å². The monoisotopic (exact) mass is 335 g/mol. The van der Waals surface area contributed by atoms with E-state index in [2.05, 4.69) is 11.1 Å². The average Bonchev–Trinajstić information content (AvgIpc) is 2.90. The van der Waals surface area contributed by atoms with Gasteiger partial charge < -0.3 is 4.90 Å². The summed E-state index contributed by atoms with van der Waals surface area (Å²) in [4.78, 5) is 44.0. The molecule has 6 heteroatoms. The highest BCUT2D eigenvalue weighted by Crippen LogP contribution is 2.22. The van der Waals surface area contributed by atoms with Gasteiger partial charge in [-0.25, -0.2) is 0 Å². The highest BCUT2D eigenvalue weighted by atomic mass is 16.2. The molecule has 0 unspecified atom stereocenters. The SMILES string of the molecule is O=C(CCN1C(=O)c2cccnc2C1=O)N1CCc2ccccc2C1. The predicted molar refractivity (Wildman–Crippen MR) is 89.8 cm³/mol. The molecular formula is C19H17N3O3. The average molecular weight is 335 g/mol. The van der Waals surface area contributed by atoms with Gasteiger partial charge in [-0.05, 0) is 29.7 Å². The van der Waals surface area contributed by atoms with Crippen molar-refractivity contribution in [3.05, 3.63) is 65.0 Å². The molecule has 3 heterocycles. The molecule has 1 aromatic heterocycles. The van der Waals surface area contributed by atoms with Crippen molar-refractivity contribution in [3.63, 3.8) is 0 Å². The lowest BCUT2D eigenvalue weighted by Gasteiger charge is -2.29. The normalized spacial score (nSPS) is 16.0. The van der Waals surface area contributed by atoms with Crippen LogP contribution in [0.15, 0.2) is 42.6 Å². The van der Waals surface area contributed by atoms with Crippen LogP contribution in [0.4, 0.5) is 0 Å². The van der Waals surface area contributed by atoms with E-state index in [0.29, 0.717) is 18.7 Å². The van der Waals surface area contributed by atoms with Gasteiger partial charge in [-0.2, -0.15) is 0 Å². The summed E-state index contributed by atoms with van der Waals surface area (Å²) in [7, 11) is 0. The second-order valence-corrected chi connectivity index (χ2v) is 6.25. The molecule has 2 aliphatic heterocycles. The first-order chi connectivity index (χ1) is 12.1. The molecule has 2 aromatic rings. The Morgan fingerprint density at radius 2 is 1.84 bits per heavy atom. The first kappa shape index (κ1) is 15.5. The topological polar surface area (TPSA) is 70.6 Å². The van der Waals surface area contributed by atoms with Gasteiger partial charge in [0.15, 0.2) is 0 Å². The van der Waals surface area contributed by atoms with Crippen molar-refractivity contribution in [2.45, 2.75) is 19.4 Å². The number of hydrogen-bond acceptors (Lipinski definition) is 4. The zero-order valence-electron chi connectivity index (χ0n) is 13.6. The zero-order valence-corrected chi connectivity index (χ0v) is 13.6. The lowest BCUT2D eigenvalue weighted by molar-refractivity contribution is -0.132. The molecule has 126 valence electrons. The Kier molecular flexibility index (Phi) is 3.80. The van der Waals surface area contributed by atoms with E-state index in [1.807, 2.05) is 18.2 Å². The zero-order chi connectivity index (χ0) is 17.4. The van der Waals surface area contributed by atoms with Gasteiger partial charge in [-0.1, -0.05) is 24.3 Å². The second-order valence-electron chi connectivity index (χ2n) is 6.25. The summed E-state index contributed by atoms with van der Waals surface area (Å²) in [5.74, 6) is -0.832. The number of imide groups is 1. The van der Waals surface area contributed by atoms with Crippen LogP contribution in [0.2, 0.25) is 0 Å². The molecule has 25 heavy (non-hydrogen) atoms. The van der Waals surface area contributed by atoms with Gasteiger partial charge in [0, 0.05) is 32.3 Å². The van der Waals surface area contributed by atoms with E-state index in [-0.39, 0.29) is 30.5 Å². The van der Waals surface area contributed by atoms with E-state index < -0.39 is 5.91 Å². The number of carbonyl (C=O) groups excluding carboxylic acids is 3. The quantitative estimate of drug-likeness (QED) is 0.800. The Balaban J connectivity index is 1.40. The molecule has 0 saturated carbocycles. The summed E-state index contributed by atoms with van der Waals surface area (Å²) >= 11 is 0. The molecule has 1 aromatic carbocycles. The molecule has 0 saturated heterocycles. The van der Waals surface area contributed by atoms with Crippen molar-refractivity contribution < 1.29 is 14.4 Å². The largest absolute Gasteiger partial charge is 0.338 e. The van der Waals surface area contributed by atoms with Crippen molar-refractivity contribution in [2.24, 2.45) is 0 Å². The third-order valence-corrected chi connectivity index (χ3v) is 4.76. The number of hydrogen-bond donors (Lipinski definition) is 0. The van der Waals surface area contributed by atoms with Crippen LogP contribution in [0.1, 0.15) is 38.4 Å². The maximum Gasteiger partial charge on any atom is 0.280 e. The predicted octanol–water partition coefficient (Wildman–Crippen LogP) is 1.65. The van der Waals surface area contributed by atoms with Crippen LogP contribution in [0.3, 0.4) is 0 Å². The number of aromatic nitrogens is 1. The summed E-state index contributed by atoms with van der Waals surface area (Å²) in [6, 6.07) is 11.3. The molecule has 0 radical (unpaired) electrons. The molecule has 0 fully saturated rings. The fourth-order valence-corrected chi connectivity index (χ4v) is 3.39. The van der Waals surface area contributed by atoms with Crippen molar-refractivity contribution in [3.8, 4) is 0 Å². The van der Waals surface area contributed by atoms with Crippen molar-refractivity contribution in [1.82, 2.24) is 14.8 Å². The van der Waals surface area contributed by atoms with Crippen LogP contribution in [0.25, 0.3) is 0 Å². The fraction of sp³-hybridized carbons (Fsp3) is 0.263. The van der Waals surface area contributed by atoms with Crippen LogP contribution in [-0.4, -0.2) is 45.6 Å². The highest BCUT2D eigenvalue weighted by Gasteiger charge is 2.36. The molecule has 0 atom stereocenters. The number of nitrogens with zero attached hydrogens (tertiary/aromatic N) is 3. The Hall–Kier alpha value is -3.02. The van der Waals surface area contributed by atoms with Crippen LogP contribution in [0, 0.1) is 0 Å². The van der Waals surface area contributed by atoms with E-state index >= 15 is 0 Å². The molecule has 2 aliphatic rings. The van der Waals surface area contributed by atoms with Crippen molar-refractivity contribution >= 4 is 17.7 Å². The van der Waals surface area contributed by atoms with Crippen LogP contribution in [0.5, 0.6) is 0 Å². The number of pyridine rings is 1. The van der Waals surface area contributed by atoms with E-state index in [1.54, 1.807) is 17.0 Å². The van der Waals surface area contributed by atoms with Gasteiger partial charge in [0.1, 0.15) is 5.69 Å². The minimum absolute atomic E-state index is 0.0426. The Labute approximate surface area is 145 Å². The summed E-state index contributed by atoms with van der Waals surface area (Å²) in [5, 5.41) is 0. The molecule has 3 amide bonds. The van der Waals surface area contributed by atoms with Gasteiger partial charge in [0.2, 0.25) is 5.91 Å². The fourth-order valence-electron chi connectivity index (χ4n) is 3.39. The number of carbonyl (C=O) groups is 3. The Morgan fingerprint density at radius 3 is 2.64 bits per heavy atom. The molecular weight excluding hydrogens is 318 g/mol. The Morgan fingerprint density at radius 1 is 1.04 bits per heavy atom.